The van der Waals surface area contributed by atoms with Crippen molar-refractivity contribution in [3.05, 3.63) is 106 Å². The second-order valence-electron chi connectivity index (χ2n) is 12.2. The largest absolute Gasteiger partial charge is 0.390 e. The van der Waals surface area contributed by atoms with Crippen LogP contribution < -0.4 is 10.6 Å². The van der Waals surface area contributed by atoms with E-state index in [2.05, 4.69) is 37.5 Å². The second kappa shape index (κ2) is 13.0. The number of carbonyl (C=O) groups excluding carboxylic acids is 1. The van der Waals surface area contributed by atoms with Gasteiger partial charge in [0.05, 0.1) is 36.1 Å². The van der Waals surface area contributed by atoms with Gasteiger partial charge in [-0.15, -0.1) is 0 Å². The average Bonchev–Trinajstić information content (AvgIpc) is 2.85. The molecule has 3 atom stereocenters. The molecule has 0 aromatic heterocycles. The summed E-state index contributed by atoms with van der Waals surface area (Å²) in [6, 6.07) is 17.1. The summed E-state index contributed by atoms with van der Waals surface area (Å²) in [6.07, 6.45) is -0.191. The van der Waals surface area contributed by atoms with E-state index in [-0.39, 0.29) is 42.2 Å². The van der Waals surface area contributed by atoms with Gasteiger partial charge in [-0.3, -0.25) is 13.9 Å². The minimum Gasteiger partial charge on any atom is -0.390 e. The number of nitrogens with one attached hydrogen (secondary N) is 2. The Kier molecular flexibility index (Phi) is 9.87. The van der Waals surface area contributed by atoms with Crippen LogP contribution in [-0.2, 0) is 29.8 Å². The third-order valence-electron chi connectivity index (χ3n) is 7.11. The Balaban J connectivity index is 1.52. The summed E-state index contributed by atoms with van der Waals surface area (Å²) in [5, 5.41) is 17.4. The van der Waals surface area contributed by atoms with Crippen LogP contribution in [0.5, 0.6) is 0 Å². The summed E-state index contributed by atoms with van der Waals surface area (Å²) in [5.74, 6) is -1.52. The lowest BCUT2D eigenvalue weighted by Crippen LogP contribution is -2.50. The van der Waals surface area contributed by atoms with Gasteiger partial charge in [0.15, 0.2) is 0 Å². The Hall–Kier alpha value is -2.82. The van der Waals surface area contributed by atoms with E-state index in [1.54, 1.807) is 0 Å². The highest BCUT2D eigenvalue weighted by Crippen LogP contribution is 2.51. The van der Waals surface area contributed by atoms with Gasteiger partial charge in [-0.25, -0.2) is 8.78 Å². The van der Waals surface area contributed by atoms with Crippen LogP contribution in [0.2, 0.25) is 0 Å². The molecule has 41 heavy (non-hydrogen) atoms. The minimum absolute atomic E-state index is 0.00419. The number of amides is 1. The van der Waals surface area contributed by atoms with E-state index in [0.717, 1.165) is 34.7 Å². The van der Waals surface area contributed by atoms with E-state index in [1.165, 1.54) is 12.1 Å². The molecule has 1 heterocycles. The molecule has 1 aliphatic heterocycles. The standard InChI is InChI=1S/C32H40F2N2O4S/c1-32(2,3)17-22-9-10-24-19-41(39,40)20-29(27(24)13-22)35-18-30(37)28(14-23-11-25(33)16-26(34)12-23)36-31(38)15-21-7-5-4-6-8-21/h4-13,16,28-30,35,37,39-40H,14-15,17-20H2,1-3H3,(H,36,38)/t28-,29-,30-/m0/s1. The molecule has 0 bridgehead atoms. The molecule has 3 aromatic rings. The van der Waals surface area contributed by atoms with Gasteiger partial charge >= 0.3 is 0 Å². The van der Waals surface area contributed by atoms with Crippen LogP contribution in [0, 0.1) is 17.0 Å². The fourth-order valence-corrected chi connectivity index (χ4v) is 7.08. The summed E-state index contributed by atoms with van der Waals surface area (Å²) in [6.45, 7) is 6.49. The Bertz CT molecular complexity index is 1330. The molecule has 0 fully saturated rings. The van der Waals surface area contributed by atoms with Gasteiger partial charge in [-0.05, 0) is 58.2 Å². The van der Waals surface area contributed by atoms with Gasteiger partial charge in [-0.2, -0.15) is 10.6 Å². The van der Waals surface area contributed by atoms with Gasteiger partial charge in [0.25, 0.3) is 0 Å². The number of aliphatic hydroxyl groups is 1. The van der Waals surface area contributed by atoms with Crippen molar-refractivity contribution in [3.8, 4) is 0 Å². The lowest BCUT2D eigenvalue weighted by molar-refractivity contribution is -0.122. The number of benzene rings is 3. The molecule has 5 N–H and O–H groups in total. The predicted octanol–water partition coefficient (Wildman–Crippen LogP) is 5.78. The van der Waals surface area contributed by atoms with Crippen molar-refractivity contribution in [1.29, 1.82) is 0 Å². The molecule has 4 rings (SSSR count). The fourth-order valence-electron chi connectivity index (χ4n) is 5.37. The normalized spacial score (nSPS) is 18.7. The Morgan fingerprint density at radius 3 is 2.32 bits per heavy atom. The van der Waals surface area contributed by atoms with Crippen molar-refractivity contribution in [1.82, 2.24) is 10.6 Å². The number of fused-ring (bicyclic) bond motifs is 1. The molecule has 0 aliphatic carbocycles. The van der Waals surface area contributed by atoms with Gasteiger partial charge in [0.1, 0.15) is 11.6 Å². The molecule has 0 saturated heterocycles. The fraction of sp³-hybridized carbons (Fsp3) is 0.406. The number of hydrogen-bond acceptors (Lipinski definition) is 5. The Labute approximate surface area is 242 Å². The van der Waals surface area contributed by atoms with Crippen LogP contribution in [-0.4, -0.2) is 44.6 Å². The molecule has 1 amide bonds. The molecule has 0 unspecified atom stereocenters. The minimum atomic E-state index is -2.87. The van der Waals surface area contributed by atoms with Crippen molar-refractivity contribution in [2.45, 2.75) is 64.0 Å². The number of aliphatic hydroxyl groups excluding tert-OH is 1. The SMILES string of the molecule is CC(C)(C)Cc1ccc2c(c1)[C@@H](NC[C@H](O)[C@H](Cc1cc(F)cc(F)c1)NC(=O)Cc1ccccc1)CS(O)(O)C2. The molecule has 222 valence electrons. The van der Waals surface area contributed by atoms with Gasteiger partial charge < -0.3 is 15.7 Å². The maximum Gasteiger partial charge on any atom is 0.224 e. The van der Waals surface area contributed by atoms with Gasteiger partial charge in [0, 0.05) is 12.6 Å². The van der Waals surface area contributed by atoms with Crippen molar-refractivity contribution in [2.75, 3.05) is 12.3 Å². The third kappa shape index (κ3) is 9.34. The van der Waals surface area contributed by atoms with Crippen molar-refractivity contribution in [2.24, 2.45) is 5.41 Å². The highest BCUT2D eigenvalue weighted by atomic mass is 32.3. The first kappa shape index (κ1) is 31.1. The molecule has 3 aromatic carbocycles. The third-order valence-corrected chi connectivity index (χ3v) is 8.75. The lowest BCUT2D eigenvalue weighted by Gasteiger charge is -2.42. The highest BCUT2D eigenvalue weighted by molar-refractivity contribution is 8.23. The topological polar surface area (TPSA) is 102 Å². The number of hydrogen-bond donors (Lipinski definition) is 5. The first-order valence-electron chi connectivity index (χ1n) is 13.8. The molecular weight excluding hydrogens is 546 g/mol. The predicted molar refractivity (Wildman–Crippen MR) is 160 cm³/mol. The summed E-state index contributed by atoms with van der Waals surface area (Å²) in [4.78, 5) is 12.9. The smallest absolute Gasteiger partial charge is 0.224 e. The highest BCUT2D eigenvalue weighted by Gasteiger charge is 2.32. The second-order valence-corrected chi connectivity index (χ2v) is 14.5. The van der Waals surface area contributed by atoms with E-state index in [1.807, 2.05) is 42.5 Å². The zero-order chi connectivity index (χ0) is 29.8. The first-order valence-corrected chi connectivity index (χ1v) is 15.7. The lowest BCUT2D eigenvalue weighted by atomic mass is 9.86. The monoisotopic (exact) mass is 586 g/mol. The van der Waals surface area contributed by atoms with Crippen LogP contribution in [0.15, 0.2) is 66.7 Å². The quantitative estimate of drug-likeness (QED) is 0.207. The van der Waals surface area contributed by atoms with E-state index < -0.39 is 40.4 Å². The maximum atomic E-state index is 13.9. The van der Waals surface area contributed by atoms with E-state index in [4.69, 9.17) is 0 Å². The summed E-state index contributed by atoms with van der Waals surface area (Å²) >= 11 is 0. The Morgan fingerprint density at radius 2 is 1.66 bits per heavy atom. The Morgan fingerprint density at radius 1 is 0.976 bits per heavy atom. The van der Waals surface area contributed by atoms with Crippen molar-refractivity contribution < 1.29 is 27.8 Å². The van der Waals surface area contributed by atoms with Crippen LogP contribution in [0.3, 0.4) is 0 Å². The molecule has 1 aliphatic rings. The number of halogens is 2. The van der Waals surface area contributed by atoms with Crippen LogP contribution in [0.4, 0.5) is 8.78 Å². The number of rotatable bonds is 10. The van der Waals surface area contributed by atoms with Crippen molar-refractivity contribution in [3.63, 3.8) is 0 Å². The summed E-state index contributed by atoms with van der Waals surface area (Å²) < 4.78 is 49.1. The molecule has 0 radical (unpaired) electrons. The average molecular weight is 587 g/mol. The molecular formula is C32H40F2N2O4S. The van der Waals surface area contributed by atoms with Crippen LogP contribution in [0.1, 0.15) is 54.6 Å². The van der Waals surface area contributed by atoms with Crippen molar-refractivity contribution >= 4 is 16.5 Å². The maximum absolute atomic E-state index is 13.9. The summed E-state index contributed by atoms with van der Waals surface area (Å²) in [7, 11) is -2.87. The first-order chi connectivity index (χ1) is 19.3. The van der Waals surface area contributed by atoms with Gasteiger partial charge in [-0.1, -0.05) is 69.3 Å². The van der Waals surface area contributed by atoms with E-state index >= 15 is 0 Å². The van der Waals surface area contributed by atoms with Crippen LogP contribution >= 0.6 is 10.6 Å². The number of carbonyl (C=O) groups is 1. The zero-order valence-electron chi connectivity index (χ0n) is 23.7. The summed E-state index contributed by atoms with van der Waals surface area (Å²) in [5.41, 5.74) is 4.12. The molecule has 0 spiro atoms. The molecule has 6 nitrogen and oxygen atoms in total. The molecule has 0 saturated carbocycles. The van der Waals surface area contributed by atoms with Gasteiger partial charge in [0.2, 0.25) is 5.91 Å². The zero-order valence-corrected chi connectivity index (χ0v) is 24.6. The van der Waals surface area contributed by atoms with E-state index in [9.17, 15) is 27.8 Å². The molecule has 9 heteroatoms. The van der Waals surface area contributed by atoms with E-state index in [0.29, 0.717) is 5.56 Å². The van der Waals surface area contributed by atoms with Crippen LogP contribution in [0.25, 0.3) is 0 Å².